The molecule has 0 saturated carbocycles. The first-order valence-electron chi connectivity index (χ1n) is 6.81. The number of ether oxygens (including phenoxy) is 1. The fraction of sp³-hybridized carbons (Fsp3) is 0.462. The number of anilines is 1. The van der Waals surface area contributed by atoms with E-state index in [2.05, 4.69) is 10.0 Å². The molecule has 0 aliphatic carbocycles. The summed E-state index contributed by atoms with van der Waals surface area (Å²) in [4.78, 5) is 11.1. The number of benzene rings is 1. The molecule has 8 nitrogen and oxygen atoms in total. The molecule has 1 fully saturated rings. The highest BCUT2D eigenvalue weighted by molar-refractivity contribution is 7.92. The van der Waals surface area contributed by atoms with Crippen molar-refractivity contribution in [2.45, 2.75) is 24.3 Å². The molecule has 1 heterocycles. The largest absolute Gasteiger partial charge is 0.495 e. The van der Waals surface area contributed by atoms with Crippen molar-refractivity contribution in [3.05, 3.63) is 18.2 Å². The van der Waals surface area contributed by atoms with Crippen LogP contribution in [0.2, 0.25) is 0 Å². The van der Waals surface area contributed by atoms with Gasteiger partial charge in [-0.2, -0.15) is 0 Å². The molecule has 0 radical (unpaired) electrons. The molecule has 10 heteroatoms. The number of hydrogen-bond donors (Lipinski definition) is 2. The summed E-state index contributed by atoms with van der Waals surface area (Å²) in [6, 6.07) is 3.38. The van der Waals surface area contributed by atoms with Gasteiger partial charge in [-0.05, 0) is 24.6 Å². The number of rotatable bonds is 5. The molecule has 2 N–H and O–H groups in total. The SMILES string of the molecule is COc1ccc(S(=O)(=O)NC2CCS(=O)(=O)C2)cc1NC(C)=O. The first-order valence-corrected chi connectivity index (χ1v) is 10.1. The van der Waals surface area contributed by atoms with Crippen molar-refractivity contribution in [3.63, 3.8) is 0 Å². The minimum atomic E-state index is -3.90. The first kappa shape index (κ1) is 17.7. The standard InChI is InChI=1S/C13H18N2O6S2/c1-9(16)14-12-7-11(3-4-13(12)21-2)23(19,20)15-10-5-6-22(17,18)8-10/h3-4,7,10,15H,5-6,8H2,1-2H3,(H,14,16). The van der Waals surface area contributed by atoms with Gasteiger partial charge in [-0.3, -0.25) is 4.79 Å². The van der Waals surface area contributed by atoms with E-state index in [1.807, 2.05) is 0 Å². The van der Waals surface area contributed by atoms with E-state index in [1.165, 1.54) is 32.2 Å². The smallest absolute Gasteiger partial charge is 0.240 e. The van der Waals surface area contributed by atoms with E-state index in [1.54, 1.807) is 0 Å². The summed E-state index contributed by atoms with van der Waals surface area (Å²) in [6.45, 7) is 1.29. The lowest BCUT2D eigenvalue weighted by Gasteiger charge is -2.14. The first-order chi connectivity index (χ1) is 10.6. The Kier molecular flexibility index (Phi) is 4.97. The zero-order valence-corrected chi connectivity index (χ0v) is 14.3. The van der Waals surface area contributed by atoms with E-state index in [0.29, 0.717) is 5.75 Å². The Bertz CT molecular complexity index is 817. The quantitative estimate of drug-likeness (QED) is 0.768. The number of nitrogens with one attached hydrogen (secondary N) is 2. The maximum atomic E-state index is 12.4. The third kappa shape index (κ3) is 4.43. The van der Waals surface area contributed by atoms with Crippen LogP contribution in [-0.2, 0) is 24.7 Å². The second kappa shape index (κ2) is 6.46. The lowest BCUT2D eigenvalue weighted by atomic mass is 10.3. The van der Waals surface area contributed by atoms with Crippen LogP contribution in [0.15, 0.2) is 23.1 Å². The molecule has 1 aliphatic heterocycles. The van der Waals surface area contributed by atoms with Crippen LogP contribution < -0.4 is 14.8 Å². The van der Waals surface area contributed by atoms with E-state index >= 15 is 0 Å². The fourth-order valence-corrected chi connectivity index (χ4v) is 5.39. The second-order valence-corrected chi connectivity index (χ2v) is 9.21. The van der Waals surface area contributed by atoms with Gasteiger partial charge in [0.25, 0.3) is 0 Å². The van der Waals surface area contributed by atoms with Crippen LogP contribution in [0.5, 0.6) is 5.75 Å². The molecule has 0 bridgehead atoms. The van der Waals surface area contributed by atoms with Crippen LogP contribution in [0.25, 0.3) is 0 Å². The van der Waals surface area contributed by atoms with Crippen molar-refractivity contribution in [2.75, 3.05) is 23.9 Å². The molecule has 1 aromatic rings. The normalized spacial score (nSPS) is 20.2. The number of carbonyl (C=O) groups excluding carboxylic acids is 1. The third-order valence-electron chi connectivity index (χ3n) is 3.35. The topological polar surface area (TPSA) is 119 Å². The van der Waals surface area contributed by atoms with Gasteiger partial charge in [-0.1, -0.05) is 0 Å². The second-order valence-electron chi connectivity index (χ2n) is 5.26. The number of hydrogen-bond acceptors (Lipinski definition) is 6. The van der Waals surface area contributed by atoms with Crippen LogP contribution in [0.1, 0.15) is 13.3 Å². The Hall–Kier alpha value is -1.65. The van der Waals surface area contributed by atoms with Crippen molar-refractivity contribution >= 4 is 31.5 Å². The van der Waals surface area contributed by atoms with E-state index in [-0.39, 0.29) is 34.4 Å². The highest BCUT2D eigenvalue weighted by Crippen LogP contribution is 2.28. The maximum Gasteiger partial charge on any atom is 0.240 e. The average Bonchev–Trinajstić information content (AvgIpc) is 2.76. The van der Waals surface area contributed by atoms with E-state index in [0.717, 1.165) is 0 Å². The Morgan fingerprint density at radius 3 is 2.57 bits per heavy atom. The van der Waals surface area contributed by atoms with Crippen LogP contribution in [0.3, 0.4) is 0 Å². The zero-order chi connectivity index (χ0) is 17.3. The molecule has 23 heavy (non-hydrogen) atoms. The number of carbonyl (C=O) groups is 1. The Morgan fingerprint density at radius 1 is 1.35 bits per heavy atom. The van der Waals surface area contributed by atoms with Gasteiger partial charge in [0, 0.05) is 13.0 Å². The van der Waals surface area contributed by atoms with E-state index < -0.39 is 25.9 Å². The van der Waals surface area contributed by atoms with Gasteiger partial charge in [0.05, 0.1) is 29.2 Å². The predicted molar refractivity (Wildman–Crippen MR) is 84.7 cm³/mol. The summed E-state index contributed by atoms with van der Waals surface area (Å²) in [6.07, 6.45) is 0.246. The fourth-order valence-electron chi connectivity index (χ4n) is 2.32. The molecule has 0 spiro atoms. The van der Waals surface area contributed by atoms with Crippen molar-refractivity contribution in [3.8, 4) is 5.75 Å². The Balaban J connectivity index is 2.27. The molecule has 1 aromatic carbocycles. The maximum absolute atomic E-state index is 12.4. The molecule has 1 saturated heterocycles. The van der Waals surface area contributed by atoms with Crippen molar-refractivity contribution < 1.29 is 26.4 Å². The summed E-state index contributed by atoms with van der Waals surface area (Å²) in [5, 5.41) is 2.49. The van der Waals surface area contributed by atoms with Crippen LogP contribution >= 0.6 is 0 Å². The lowest BCUT2D eigenvalue weighted by Crippen LogP contribution is -2.35. The summed E-state index contributed by atoms with van der Waals surface area (Å²) < 4.78 is 55.1. The average molecular weight is 362 g/mol. The number of amides is 1. The highest BCUT2D eigenvalue weighted by atomic mass is 32.2. The summed E-state index contributed by atoms with van der Waals surface area (Å²) >= 11 is 0. The van der Waals surface area contributed by atoms with Gasteiger partial charge in [0.1, 0.15) is 5.75 Å². The Labute approximate surface area is 135 Å². The van der Waals surface area contributed by atoms with Crippen LogP contribution in [0.4, 0.5) is 5.69 Å². The van der Waals surface area contributed by atoms with Crippen LogP contribution in [0, 0.1) is 0 Å². The van der Waals surface area contributed by atoms with Crippen molar-refractivity contribution in [2.24, 2.45) is 0 Å². The lowest BCUT2D eigenvalue weighted by molar-refractivity contribution is -0.114. The van der Waals surface area contributed by atoms with Crippen LogP contribution in [-0.4, -0.2) is 47.4 Å². The van der Waals surface area contributed by atoms with Gasteiger partial charge in [-0.15, -0.1) is 0 Å². The molecular formula is C13H18N2O6S2. The molecule has 128 valence electrons. The summed E-state index contributed by atoms with van der Waals surface area (Å²) in [7, 11) is -5.69. The summed E-state index contributed by atoms with van der Waals surface area (Å²) in [5.41, 5.74) is 0.224. The van der Waals surface area contributed by atoms with Gasteiger partial charge < -0.3 is 10.1 Å². The molecule has 1 unspecified atom stereocenters. The molecule has 1 atom stereocenters. The van der Waals surface area contributed by atoms with Crippen molar-refractivity contribution in [1.29, 1.82) is 0 Å². The molecule has 0 aromatic heterocycles. The predicted octanol–water partition coefficient (Wildman–Crippen LogP) is 0.119. The van der Waals surface area contributed by atoms with Gasteiger partial charge >= 0.3 is 0 Å². The van der Waals surface area contributed by atoms with E-state index in [4.69, 9.17) is 4.74 Å². The van der Waals surface area contributed by atoms with Gasteiger partial charge in [0.2, 0.25) is 15.9 Å². The van der Waals surface area contributed by atoms with Gasteiger partial charge in [-0.25, -0.2) is 21.6 Å². The zero-order valence-electron chi connectivity index (χ0n) is 12.7. The summed E-state index contributed by atoms with van der Waals surface area (Å²) in [5.74, 6) is -0.281. The van der Waals surface area contributed by atoms with Crippen molar-refractivity contribution in [1.82, 2.24) is 4.72 Å². The molecule has 1 aliphatic rings. The minimum Gasteiger partial charge on any atom is -0.495 e. The molecule has 1 amide bonds. The minimum absolute atomic E-state index is 0.0278. The Morgan fingerprint density at radius 2 is 2.04 bits per heavy atom. The number of sulfonamides is 1. The molecular weight excluding hydrogens is 344 g/mol. The third-order valence-corrected chi connectivity index (χ3v) is 6.63. The van der Waals surface area contributed by atoms with Gasteiger partial charge in [0.15, 0.2) is 9.84 Å². The monoisotopic (exact) mass is 362 g/mol. The van der Waals surface area contributed by atoms with E-state index in [9.17, 15) is 21.6 Å². The molecule has 2 rings (SSSR count). The number of sulfone groups is 1. The number of methoxy groups -OCH3 is 1. The highest BCUT2D eigenvalue weighted by Gasteiger charge is 2.31.